The van der Waals surface area contributed by atoms with Crippen molar-refractivity contribution < 1.29 is 20.4 Å². The van der Waals surface area contributed by atoms with Crippen LogP contribution in [0.5, 0.6) is 0 Å². The van der Waals surface area contributed by atoms with E-state index in [1.54, 1.807) is 0 Å². The Hall–Kier alpha value is -0.160. The Bertz CT molecular complexity index is 45.0. The number of hydrogen-bond donors (Lipinski definition) is 3. The van der Waals surface area contributed by atoms with Crippen molar-refractivity contribution in [3.63, 3.8) is 0 Å². The minimum absolute atomic E-state index is 0.139. The molecule has 10 heavy (non-hydrogen) atoms. The normalized spacial score (nSPS) is 11.7. The lowest BCUT2D eigenvalue weighted by molar-refractivity contribution is -0.241. The van der Waals surface area contributed by atoms with Gasteiger partial charge in [-0.1, -0.05) is 6.92 Å². The first-order valence-electron chi connectivity index (χ1n) is 3.24. The van der Waals surface area contributed by atoms with Crippen molar-refractivity contribution in [3.05, 3.63) is 0 Å². The van der Waals surface area contributed by atoms with Gasteiger partial charge in [0.1, 0.15) is 0 Å². The molecule has 0 bridgehead atoms. The van der Waals surface area contributed by atoms with Crippen molar-refractivity contribution >= 4 is 0 Å². The lowest BCUT2D eigenvalue weighted by Gasteiger charge is -1.90. The molecule has 0 aliphatic rings. The summed E-state index contributed by atoms with van der Waals surface area (Å²) in [4.78, 5) is 3.69. The molecule has 0 amide bonds. The van der Waals surface area contributed by atoms with Gasteiger partial charge in [-0.25, -0.2) is 4.89 Å². The standard InChI is InChI=1S/2C3H8O2/c1-3(5)2-4;1-2-3-5-4/h3-5H,2H2,1H3;4H,2-3H2,1H3. The first-order chi connectivity index (χ1) is 4.68. The van der Waals surface area contributed by atoms with Crippen LogP contribution in [0, 0.1) is 0 Å². The van der Waals surface area contributed by atoms with E-state index >= 15 is 0 Å². The predicted molar refractivity (Wildman–Crippen MR) is 37.6 cm³/mol. The summed E-state index contributed by atoms with van der Waals surface area (Å²) in [6.07, 6.45) is 0.311. The van der Waals surface area contributed by atoms with E-state index in [4.69, 9.17) is 15.5 Å². The van der Waals surface area contributed by atoms with Gasteiger partial charge in [-0.05, 0) is 13.3 Å². The van der Waals surface area contributed by atoms with Crippen molar-refractivity contribution in [2.75, 3.05) is 13.2 Å². The van der Waals surface area contributed by atoms with Crippen molar-refractivity contribution in [3.8, 4) is 0 Å². The van der Waals surface area contributed by atoms with E-state index in [-0.39, 0.29) is 6.61 Å². The Labute approximate surface area is 61.0 Å². The predicted octanol–water partition coefficient (Wildman–Crippen LogP) is 0.245. The van der Waals surface area contributed by atoms with Crippen LogP contribution in [0.1, 0.15) is 20.3 Å². The Morgan fingerprint density at radius 2 is 1.90 bits per heavy atom. The fourth-order valence-corrected chi connectivity index (χ4v) is 0.0913. The summed E-state index contributed by atoms with van der Waals surface area (Å²) in [6, 6.07) is 0. The summed E-state index contributed by atoms with van der Waals surface area (Å²) in [6.45, 7) is 3.76. The number of rotatable bonds is 3. The van der Waals surface area contributed by atoms with Crippen molar-refractivity contribution in [2.45, 2.75) is 26.4 Å². The van der Waals surface area contributed by atoms with Crippen molar-refractivity contribution in [2.24, 2.45) is 0 Å². The Morgan fingerprint density at radius 3 is 1.90 bits per heavy atom. The van der Waals surface area contributed by atoms with Crippen molar-refractivity contribution in [1.29, 1.82) is 0 Å². The van der Waals surface area contributed by atoms with Gasteiger partial charge in [0.15, 0.2) is 0 Å². The minimum atomic E-state index is -0.560. The average molecular weight is 152 g/mol. The highest BCUT2D eigenvalue weighted by Crippen LogP contribution is 1.70. The zero-order chi connectivity index (χ0) is 8.41. The van der Waals surface area contributed by atoms with Crippen LogP contribution in [0.4, 0.5) is 0 Å². The van der Waals surface area contributed by atoms with E-state index in [1.807, 2.05) is 6.92 Å². The molecule has 0 aliphatic heterocycles. The van der Waals surface area contributed by atoms with Gasteiger partial charge in [0.25, 0.3) is 0 Å². The molecule has 1 unspecified atom stereocenters. The van der Waals surface area contributed by atoms with Gasteiger partial charge in [-0.2, -0.15) is 0 Å². The van der Waals surface area contributed by atoms with Gasteiger partial charge >= 0.3 is 0 Å². The molecular formula is C6H16O4. The lowest BCUT2D eigenvalue weighted by Crippen LogP contribution is -2.03. The highest BCUT2D eigenvalue weighted by atomic mass is 17.1. The summed E-state index contributed by atoms with van der Waals surface area (Å²) in [5.41, 5.74) is 0. The highest BCUT2D eigenvalue weighted by molar-refractivity contribution is 4.34. The molecule has 0 rings (SSSR count). The molecule has 0 saturated heterocycles. The van der Waals surface area contributed by atoms with Gasteiger partial charge in [0.05, 0.1) is 19.3 Å². The smallest absolute Gasteiger partial charge is 0.0817 e. The molecule has 1 atom stereocenters. The summed E-state index contributed by atoms with van der Waals surface area (Å²) in [5.74, 6) is 0. The maximum atomic E-state index is 8.11. The monoisotopic (exact) mass is 152 g/mol. The molecule has 0 fully saturated rings. The average Bonchev–Trinajstić information content (AvgIpc) is 1.91. The molecule has 0 aromatic heterocycles. The van der Waals surface area contributed by atoms with Crippen LogP contribution >= 0.6 is 0 Å². The molecule has 0 aromatic carbocycles. The second kappa shape index (κ2) is 11.6. The largest absolute Gasteiger partial charge is 0.394 e. The van der Waals surface area contributed by atoms with Crippen LogP contribution in [0.3, 0.4) is 0 Å². The minimum Gasteiger partial charge on any atom is -0.394 e. The molecule has 0 spiro atoms. The lowest BCUT2D eigenvalue weighted by atomic mass is 10.5. The van der Waals surface area contributed by atoms with Gasteiger partial charge in [-0.15, -0.1) is 0 Å². The zero-order valence-corrected chi connectivity index (χ0v) is 6.45. The first-order valence-corrected chi connectivity index (χ1v) is 3.24. The molecule has 0 saturated carbocycles. The Morgan fingerprint density at radius 1 is 1.50 bits per heavy atom. The maximum Gasteiger partial charge on any atom is 0.0817 e. The number of aliphatic hydroxyl groups is 2. The third-order valence-electron chi connectivity index (χ3n) is 0.560. The van der Waals surface area contributed by atoms with Crippen molar-refractivity contribution in [1.82, 2.24) is 0 Å². The number of hydrogen-bond acceptors (Lipinski definition) is 4. The van der Waals surface area contributed by atoms with Crippen LogP contribution < -0.4 is 0 Å². The highest BCUT2D eigenvalue weighted by Gasteiger charge is 1.83. The molecular weight excluding hydrogens is 136 g/mol. The summed E-state index contributed by atoms with van der Waals surface area (Å²) in [5, 5.41) is 23.6. The van der Waals surface area contributed by atoms with Gasteiger partial charge in [-0.3, -0.25) is 5.26 Å². The Kier molecular flexibility index (Phi) is 14.5. The quantitative estimate of drug-likeness (QED) is 0.400. The third-order valence-corrected chi connectivity index (χ3v) is 0.560. The fraction of sp³-hybridized carbons (Fsp3) is 1.00. The second-order valence-electron chi connectivity index (χ2n) is 1.86. The topological polar surface area (TPSA) is 69.9 Å². The van der Waals surface area contributed by atoms with E-state index in [2.05, 4.69) is 4.89 Å². The maximum absolute atomic E-state index is 8.11. The van der Waals surface area contributed by atoms with E-state index in [0.717, 1.165) is 6.42 Å². The van der Waals surface area contributed by atoms with Crippen LogP contribution in [-0.4, -0.2) is 34.8 Å². The molecule has 4 heteroatoms. The van der Waals surface area contributed by atoms with E-state index in [9.17, 15) is 0 Å². The molecule has 4 nitrogen and oxygen atoms in total. The van der Waals surface area contributed by atoms with E-state index in [1.165, 1.54) is 6.92 Å². The van der Waals surface area contributed by atoms with E-state index in [0.29, 0.717) is 6.61 Å². The molecule has 0 aliphatic carbocycles. The van der Waals surface area contributed by atoms with Gasteiger partial charge in [0, 0.05) is 0 Å². The molecule has 64 valence electrons. The SMILES string of the molecule is CC(O)CO.CCCOO. The van der Waals surface area contributed by atoms with Gasteiger partial charge in [0.2, 0.25) is 0 Å². The molecule has 3 N–H and O–H groups in total. The molecule has 0 heterocycles. The molecule has 0 radical (unpaired) electrons. The summed E-state index contributed by atoms with van der Waals surface area (Å²) < 4.78 is 0. The third kappa shape index (κ3) is 24.9. The van der Waals surface area contributed by atoms with Gasteiger partial charge < -0.3 is 10.2 Å². The number of aliphatic hydroxyl groups excluding tert-OH is 2. The first kappa shape index (κ1) is 12.5. The van der Waals surface area contributed by atoms with Crippen LogP contribution in [0.15, 0.2) is 0 Å². The van der Waals surface area contributed by atoms with Crippen LogP contribution in [0.25, 0.3) is 0 Å². The van der Waals surface area contributed by atoms with E-state index < -0.39 is 6.10 Å². The summed E-state index contributed by atoms with van der Waals surface area (Å²) in [7, 11) is 0. The van der Waals surface area contributed by atoms with Crippen LogP contribution in [-0.2, 0) is 4.89 Å². The van der Waals surface area contributed by atoms with Crippen LogP contribution in [0.2, 0.25) is 0 Å². The summed E-state index contributed by atoms with van der Waals surface area (Å²) >= 11 is 0. The zero-order valence-electron chi connectivity index (χ0n) is 6.45. The molecule has 0 aromatic rings. The Balaban J connectivity index is 0. The fourth-order valence-electron chi connectivity index (χ4n) is 0.0913. The second-order valence-corrected chi connectivity index (χ2v) is 1.86.